The third kappa shape index (κ3) is 3.69. The Kier molecular flexibility index (Phi) is 5.21. The number of rotatable bonds is 7. The van der Waals surface area contributed by atoms with Crippen molar-refractivity contribution in [3.8, 4) is 5.69 Å². The first-order valence-corrected chi connectivity index (χ1v) is 8.33. The Hall–Kier alpha value is -3.29. The minimum Gasteiger partial charge on any atom is -0.481 e. The number of nitrogens with zero attached hydrogens (tertiary/aromatic N) is 4. The van der Waals surface area contributed by atoms with Crippen LogP contribution < -0.4 is 5.32 Å². The Balaban J connectivity index is 1.75. The highest BCUT2D eigenvalue weighted by atomic mass is 16.4. The molecule has 134 valence electrons. The molecule has 0 bridgehead atoms. The molecule has 0 radical (unpaired) electrons. The van der Waals surface area contributed by atoms with Crippen LogP contribution in [-0.4, -0.2) is 43.5 Å². The number of carbonyl (C=O) groups excluding carboxylic acids is 1. The molecular weight excluding hydrogens is 334 g/mol. The molecule has 0 aliphatic rings. The van der Waals surface area contributed by atoms with Crippen molar-refractivity contribution in [1.29, 1.82) is 0 Å². The van der Waals surface area contributed by atoms with Gasteiger partial charge in [-0.15, -0.1) is 5.10 Å². The van der Waals surface area contributed by atoms with Crippen LogP contribution in [0.15, 0.2) is 36.7 Å². The number of pyridine rings is 1. The molecule has 1 aromatic carbocycles. The van der Waals surface area contributed by atoms with Gasteiger partial charge < -0.3 is 10.4 Å². The minimum atomic E-state index is -0.833. The monoisotopic (exact) mass is 353 g/mol. The molecule has 0 saturated heterocycles. The highest BCUT2D eigenvalue weighted by Gasteiger charge is 2.18. The predicted octanol–water partition coefficient (Wildman–Crippen LogP) is 2.11. The fourth-order valence-corrected chi connectivity index (χ4v) is 2.74. The van der Waals surface area contributed by atoms with Crippen molar-refractivity contribution in [2.75, 3.05) is 6.54 Å². The highest BCUT2D eigenvalue weighted by Crippen LogP contribution is 2.22. The summed E-state index contributed by atoms with van der Waals surface area (Å²) in [6.07, 6.45) is 4.70. The molecule has 3 rings (SSSR count). The summed E-state index contributed by atoms with van der Waals surface area (Å²) in [5, 5.41) is 21.5. The predicted molar refractivity (Wildman–Crippen MR) is 95.2 cm³/mol. The number of benzene rings is 1. The van der Waals surface area contributed by atoms with Crippen molar-refractivity contribution in [3.05, 3.63) is 48.0 Å². The number of carboxylic acid groups (broad SMARTS) is 1. The fourth-order valence-electron chi connectivity index (χ4n) is 2.74. The third-order valence-corrected chi connectivity index (χ3v) is 4.10. The Morgan fingerprint density at radius 2 is 2.08 bits per heavy atom. The zero-order chi connectivity index (χ0) is 18.5. The van der Waals surface area contributed by atoms with Gasteiger partial charge in [0.25, 0.3) is 5.91 Å². The Morgan fingerprint density at radius 3 is 2.88 bits per heavy atom. The van der Waals surface area contributed by atoms with Gasteiger partial charge in [0.15, 0.2) is 5.69 Å². The molecule has 2 N–H and O–H groups in total. The van der Waals surface area contributed by atoms with Gasteiger partial charge in [-0.05, 0) is 31.9 Å². The van der Waals surface area contributed by atoms with Crippen LogP contribution in [-0.2, 0) is 4.79 Å². The van der Waals surface area contributed by atoms with Crippen molar-refractivity contribution in [2.45, 2.75) is 26.2 Å². The molecule has 0 fully saturated rings. The first-order chi connectivity index (χ1) is 12.6. The average Bonchev–Trinajstić information content (AvgIpc) is 3.02. The van der Waals surface area contributed by atoms with Crippen molar-refractivity contribution < 1.29 is 14.7 Å². The molecule has 26 heavy (non-hydrogen) atoms. The molecule has 0 saturated carbocycles. The normalized spacial score (nSPS) is 10.8. The largest absolute Gasteiger partial charge is 0.481 e. The van der Waals surface area contributed by atoms with E-state index in [-0.39, 0.29) is 18.0 Å². The fraction of sp³-hybridized carbons (Fsp3) is 0.278. The number of amides is 1. The Labute approximate surface area is 149 Å². The standard InChI is InChI=1S/C18H19N5O3/c1-12-17(18(26)20-9-3-2-7-16(24)25)21-22-23(12)15-6-4-5-13-11-19-10-8-14(13)15/h4-6,8,10-11H,2-3,7,9H2,1H3,(H,20,26)(H,24,25). The molecule has 8 nitrogen and oxygen atoms in total. The van der Waals surface area contributed by atoms with Crippen molar-refractivity contribution in [1.82, 2.24) is 25.3 Å². The number of carbonyl (C=O) groups is 2. The zero-order valence-corrected chi connectivity index (χ0v) is 14.3. The second-order valence-electron chi connectivity index (χ2n) is 5.92. The van der Waals surface area contributed by atoms with Crippen LogP contribution in [0.1, 0.15) is 35.4 Å². The minimum absolute atomic E-state index is 0.0982. The van der Waals surface area contributed by atoms with E-state index in [1.807, 2.05) is 24.3 Å². The van der Waals surface area contributed by atoms with Gasteiger partial charge in [0.05, 0.1) is 11.4 Å². The first-order valence-electron chi connectivity index (χ1n) is 8.33. The van der Waals surface area contributed by atoms with Gasteiger partial charge in [-0.2, -0.15) is 0 Å². The molecule has 2 aromatic heterocycles. The van der Waals surface area contributed by atoms with Crippen LogP contribution in [0.5, 0.6) is 0 Å². The zero-order valence-electron chi connectivity index (χ0n) is 14.3. The van der Waals surface area contributed by atoms with Gasteiger partial charge in [0.2, 0.25) is 0 Å². The van der Waals surface area contributed by atoms with Crippen LogP contribution >= 0.6 is 0 Å². The SMILES string of the molecule is Cc1c(C(=O)NCCCCC(=O)O)nnn1-c1cccc2cnccc12. The maximum atomic E-state index is 12.3. The third-order valence-electron chi connectivity index (χ3n) is 4.10. The lowest BCUT2D eigenvalue weighted by Crippen LogP contribution is -2.25. The summed E-state index contributed by atoms with van der Waals surface area (Å²) >= 11 is 0. The number of unbranched alkanes of at least 4 members (excludes halogenated alkanes) is 1. The number of aliphatic carboxylic acids is 1. The maximum absolute atomic E-state index is 12.3. The quantitative estimate of drug-likeness (QED) is 0.630. The number of hydrogen-bond acceptors (Lipinski definition) is 5. The van der Waals surface area contributed by atoms with Gasteiger partial charge in [-0.1, -0.05) is 17.3 Å². The number of hydrogen-bond donors (Lipinski definition) is 2. The van der Waals surface area contributed by atoms with E-state index < -0.39 is 5.97 Å². The van der Waals surface area contributed by atoms with Gasteiger partial charge in [0, 0.05) is 36.1 Å². The lowest BCUT2D eigenvalue weighted by Gasteiger charge is -2.08. The Bertz CT molecular complexity index is 946. The van der Waals surface area contributed by atoms with Crippen molar-refractivity contribution in [3.63, 3.8) is 0 Å². The van der Waals surface area contributed by atoms with E-state index in [0.29, 0.717) is 25.1 Å². The summed E-state index contributed by atoms with van der Waals surface area (Å²) in [5.41, 5.74) is 1.72. The number of nitrogens with one attached hydrogen (secondary N) is 1. The van der Waals surface area contributed by atoms with E-state index in [1.54, 1.807) is 24.0 Å². The smallest absolute Gasteiger partial charge is 0.303 e. The van der Waals surface area contributed by atoms with Crippen LogP contribution in [0.3, 0.4) is 0 Å². The van der Waals surface area contributed by atoms with E-state index in [9.17, 15) is 9.59 Å². The maximum Gasteiger partial charge on any atom is 0.303 e. The summed E-state index contributed by atoms with van der Waals surface area (Å²) in [6, 6.07) is 7.68. The van der Waals surface area contributed by atoms with E-state index in [1.165, 1.54) is 0 Å². The number of fused-ring (bicyclic) bond motifs is 1. The molecule has 2 heterocycles. The van der Waals surface area contributed by atoms with Crippen LogP contribution in [0.25, 0.3) is 16.5 Å². The molecule has 0 aliphatic carbocycles. The van der Waals surface area contributed by atoms with Gasteiger partial charge in [-0.3, -0.25) is 14.6 Å². The average molecular weight is 353 g/mol. The topological polar surface area (TPSA) is 110 Å². The molecule has 3 aromatic rings. The lowest BCUT2D eigenvalue weighted by molar-refractivity contribution is -0.137. The first kappa shape index (κ1) is 17.5. The summed E-state index contributed by atoms with van der Waals surface area (Å²) in [4.78, 5) is 26.9. The second kappa shape index (κ2) is 7.73. The summed E-state index contributed by atoms with van der Waals surface area (Å²) < 4.78 is 1.64. The van der Waals surface area contributed by atoms with Gasteiger partial charge in [0.1, 0.15) is 0 Å². The highest BCUT2D eigenvalue weighted by molar-refractivity contribution is 5.94. The van der Waals surface area contributed by atoms with Gasteiger partial charge in [-0.25, -0.2) is 4.68 Å². The molecule has 0 atom stereocenters. The van der Waals surface area contributed by atoms with Crippen molar-refractivity contribution in [2.24, 2.45) is 0 Å². The number of carboxylic acids is 1. The molecule has 0 aliphatic heterocycles. The van der Waals surface area contributed by atoms with E-state index in [4.69, 9.17) is 5.11 Å². The number of aromatic nitrogens is 4. The summed E-state index contributed by atoms with van der Waals surface area (Å²) in [6.45, 7) is 2.19. The molecule has 0 unspecified atom stereocenters. The van der Waals surface area contributed by atoms with Crippen LogP contribution in [0, 0.1) is 6.92 Å². The molecule has 8 heteroatoms. The van der Waals surface area contributed by atoms with E-state index in [0.717, 1.165) is 16.5 Å². The summed E-state index contributed by atoms with van der Waals surface area (Å²) in [7, 11) is 0. The molecular formula is C18H19N5O3. The van der Waals surface area contributed by atoms with Crippen LogP contribution in [0.2, 0.25) is 0 Å². The van der Waals surface area contributed by atoms with E-state index in [2.05, 4.69) is 20.6 Å². The van der Waals surface area contributed by atoms with Gasteiger partial charge >= 0.3 is 5.97 Å². The second-order valence-corrected chi connectivity index (χ2v) is 5.92. The lowest BCUT2D eigenvalue weighted by atomic mass is 10.1. The Morgan fingerprint density at radius 1 is 1.23 bits per heavy atom. The summed E-state index contributed by atoms with van der Waals surface area (Å²) in [5.74, 6) is -1.15. The molecule has 1 amide bonds. The molecule has 0 spiro atoms. The van der Waals surface area contributed by atoms with Crippen LogP contribution in [0.4, 0.5) is 0 Å². The van der Waals surface area contributed by atoms with Crippen molar-refractivity contribution >= 4 is 22.6 Å². The van der Waals surface area contributed by atoms with E-state index >= 15 is 0 Å².